The van der Waals surface area contributed by atoms with E-state index in [2.05, 4.69) is 24.1 Å². The summed E-state index contributed by atoms with van der Waals surface area (Å²) in [6, 6.07) is 5.22. The van der Waals surface area contributed by atoms with Crippen LogP contribution in [0.25, 0.3) is 5.65 Å². The lowest BCUT2D eigenvalue weighted by Crippen LogP contribution is -2.53. The Morgan fingerprint density at radius 2 is 2.13 bits per heavy atom. The first-order chi connectivity index (χ1) is 10.4. The molecular formula is C16H23ClN4O2. The van der Waals surface area contributed by atoms with Gasteiger partial charge in [0.05, 0.1) is 0 Å². The normalized spacial score (nSPS) is 13.4. The smallest absolute Gasteiger partial charge is 0.270 e. The third-order valence-corrected chi connectivity index (χ3v) is 3.58. The highest BCUT2D eigenvalue weighted by atomic mass is 35.5. The van der Waals surface area contributed by atoms with Gasteiger partial charge in [-0.2, -0.15) is 0 Å². The third-order valence-electron chi connectivity index (χ3n) is 3.58. The number of hydrogen-bond acceptors (Lipinski definition) is 4. The Morgan fingerprint density at radius 1 is 1.43 bits per heavy atom. The molecule has 0 saturated carbocycles. The van der Waals surface area contributed by atoms with E-state index in [0.717, 1.165) is 6.42 Å². The first-order valence-corrected chi connectivity index (χ1v) is 7.35. The van der Waals surface area contributed by atoms with Gasteiger partial charge in [-0.15, -0.1) is 12.4 Å². The first-order valence-electron chi connectivity index (χ1n) is 7.35. The molecule has 0 aliphatic rings. The topological polar surface area (TPSA) is 89.5 Å². The standard InChI is InChI=1S/C16H22N4O2.ClH/c1-11(2)8-16(3,10-17)19-14(21)12-9-18-13-6-4-5-7-20(13)15(12)22;/h4-7,9,11H,8,10,17H2,1-3H3,(H,19,21);1H. The van der Waals surface area contributed by atoms with Crippen molar-refractivity contribution in [3.8, 4) is 0 Å². The van der Waals surface area contributed by atoms with Gasteiger partial charge >= 0.3 is 0 Å². The number of amides is 1. The van der Waals surface area contributed by atoms with Crippen molar-refractivity contribution in [2.75, 3.05) is 6.54 Å². The molecule has 126 valence electrons. The van der Waals surface area contributed by atoms with Gasteiger partial charge in [0.25, 0.3) is 11.5 Å². The van der Waals surface area contributed by atoms with Gasteiger partial charge in [0.1, 0.15) is 11.2 Å². The maximum atomic E-state index is 12.4. The molecule has 0 aliphatic heterocycles. The summed E-state index contributed by atoms with van der Waals surface area (Å²) in [6.07, 6.45) is 3.65. The Balaban J connectivity index is 0.00000264. The van der Waals surface area contributed by atoms with Crippen molar-refractivity contribution in [2.45, 2.75) is 32.7 Å². The Kier molecular flexibility index (Phi) is 6.29. The third kappa shape index (κ3) is 4.30. The Morgan fingerprint density at radius 3 is 2.74 bits per heavy atom. The van der Waals surface area contributed by atoms with E-state index in [4.69, 9.17) is 5.73 Å². The van der Waals surface area contributed by atoms with Gasteiger partial charge in [-0.1, -0.05) is 19.9 Å². The van der Waals surface area contributed by atoms with E-state index in [1.807, 2.05) is 6.92 Å². The zero-order chi connectivity index (χ0) is 16.3. The molecule has 0 aromatic carbocycles. The van der Waals surface area contributed by atoms with E-state index in [-0.39, 0.29) is 23.5 Å². The summed E-state index contributed by atoms with van der Waals surface area (Å²) in [7, 11) is 0. The van der Waals surface area contributed by atoms with E-state index in [1.54, 1.807) is 24.4 Å². The second-order valence-corrected chi connectivity index (χ2v) is 6.22. The van der Waals surface area contributed by atoms with Gasteiger partial charge in [-0.3, -0.25) is 14.0 Å². The molecule has 23 heavy (non-hydrogen) atoms. The van der Waals surface area contributed by atoms with Crippen LogP contribution in [-0.4, -0.2) is 27.4 Å². The highest BCUT2D eigenvalue weighted by Gasteiger charge is 2.27. The van der Waals surface area contributed by atoms with E-state index in [1.165, 1.54) is 10.6 Å². The lowest BCUT2D eigenvalue weighted by atomic mass is 9.90. The first kappa shape index (κ1) is 19.1. The van der Waals surface area contributed by atoms with Crippen LogP contribution in [0.15, 0.2) is 35.4 Å². The molecule has 1 atom stereocenters. The average Bonchev–Trinajstić information content (AvgIpc) is 2.46. The number of fused-ring (bicyclic) bond motifs is 1. The molecule has 0 fully saturated rings. The number of nitrogens with zero attached hydrogens (tertiary/aromatic N) is 2. The van der Waals surface area contributed by atoms with Gasteiger partial charge < -0.3 is 11.1 Å². The van der Waals surface area contributed by atoms with Crippen LogP contribution >= 0.6 is 12.4 Å². The minimum Gasteiger partial charge on any atom is -0.345 e. The maximum absolute atomic E-state index is 12.4. The number of pyridine rings is 1. The van der Waals surface area contributed by atoms with Crippen LogP contribution in [-0.2, 0) is 0 Å². The average molecular weight is 339 g/mol. The summed E-state index contributed by atoms with van der Waals surface area (Å²) in [5.74, 6) is -0.0611. The molecule has 0 saturated heterocycles. The number of carbonyl (C=O) groups is 1. The fourth-order valence-corrected chi connectivity index (χ4v) is 2.61. The number of nitrogens with two attached hydrogens (primary N) is 1. The van der Waals surface area contributed by atoms with Gasteiger partial charge in [0.2, 0.25) is 0 Å². The lowest BCUT2D eigenvalue weighted by Gasteiger charge is -2.31. The van der Waals surface area contributed by atoms with E-state index in [0.29, 0.717) is 18.1 Å². The number of carbonyl (C=O) groups excluding carboxylic acids is 1. The quantitative estimate of drug-likeness (QED) is 0.866. The molecule has 3 N–H and O–H groups in total. The molecule has 6 nitrogen and oxygen atoms in total. The summed E-state index contributed by atoms with van der Waals surface area (Å²) < 4.78 is 1.36. The molecule has 1 amide bonds. The zero-order valence-corrected chi connectivity index (χ0v) is 14.4. The van der Waals surface area contributed by atoms with Crippen molar-refractivity contribution in [3.05, 3.63) is 46.5 Å². The van der Waals surface area contributed by atoms with Gasteiger partial charge in [-0.25, -0.2) is 4.98 Å². The minimum absolute atomic E-state index is 0. The van der Waals surface area contributed by atoms with Gasteiger partial charge in [-0.05, 0) is 31.4 Å². The second kappa shape index (κ2) is 7.57. The molecule has 0 aliphatic carbocycles. The summed E-state index contributed by atoms with van der Waals surface area (Å²) in [5, 5.41) is 2.88. The molecule has 7 heteroatoms. The number of nitrogens with one attached hydrogen (secondary N) is 1. The predicted molar refractivity (Wildman–Crippen MR) is 93.1 cm³/mol. The second-order valence-electron chi connectivity index (χ2n) is 6.22. The van der Waals surface area contributed by atoms with Gasteiger partial charge in [0.15, 0.2) is 0 Å². The van der Waals surface area contributed by atoms with Crippen molar-refractivity contribution in [1.82, 2.24) is 14.7 Å². The summed E-state index contributed by atoms with van der Waals surface area (Å²) in [5.41, 5.74) is 5.39. The highest BCUT2D eigenvalue weighted by Crippen LogP contribution is 2.15. The Hall–Kier alpha value is -1.92. The fraction of sp³-hybridized carbons (Fsp3) is 0.438. The summed E-state index contributed by atoms with van der Waals surface area (Å²) in [4.78, 5) is 29.0. The van der Waals surface area contributed by atoms with Crippen molar-refractivity contribution >= 4 is 24.0 Å². The van der Waals surface area contributed by atoms with Crippen LogP contribution in [0.3, 0.4) is 0 Å². The van der Waals surface area contributed by atoms with Crippen LogP contribution in [0.4, 0.5) is 0 Å². The molecule has 0 spiro atoms. The monoisotopic (exact) mass is 338 g/mol. The van der Waals surface area contributed by atoms with E-state index >= 15 is 0 Å². The van der Waals surface area contributed by atoms with E-state index < -0.39 is 11.4 Å². The molecule has 1 unspecified atom stereocenters. The van der Waals surface area contributed by atoms with Crippen molar-refractivity contribution in [2.24, 2.45) is 11.7 Å². The van der Waals surface area contributed by atoms with Gasteiger partial charge in [0, 0.05) is 24.5 Å². The number of hydrogen-bond donors (Lipinski definition) is 2. The number of rotatable bonds is 5. The Bertz CT molecular complexity index is 744. The van der Waals surface area contributed by atoms with Crippen molar-refractivity contribution < 1.29 is 4.79 Å². The van der Waals surface area contributed by atoms with Crippen LogP contribution in [0.2, 0.25) is 0 Å². The van der Waals surface area contributed by atoms with Crippen LogP contribution < -0.4 is 16.6 Å². The zero-order valence-electron chi connectivity index (χ0n) is 13.6. The lowest BCUT2D eigenvalue weighted by molar-refractivity contribution is 0.0896. The predicted octanol–water partition coefficient (Wildman–Crippen LogP) is 1.61. The van der Waals surface area contributed by atoms with Crippen molar-refractivity contribution in [3.63, 3.8) is 0 Å². The molecule has 2 aromatic rings. The molecule has 2 aromatic heterocycles. The molecule has 2 heterocycles. The fourth-order valence-electron chi connectivity index (χ4n) is 2.61. The molecule has 0 bridgehead atoms. The molecule has 2 rings (SSSR count). The largest absolute Gasteiger partial charge is 0.345 e. The summed E-state index contributed by atoms with van der Waals surface area (Å²) >= 11 is 0. The summed E-state index contributed by atoms with van der Waals surface area (Å²) in [6.45, 7) is 6.31. The highest BCUT2D eigenvalue weighted by molar-refractivity contribution is 5.94. The Labute approximate surface area is 141 Å². The van der Waals surface area contributed by atoms with Crippen LogP contribution in [0.1, 0.15) is 37.6 Å². The van der Waals surface area contributed by atoms with E-state index in [9.17, 15) is 9.59 Å². The molecule has 0 radical (unpaired) electrons. The minimum atomic E-state index is -0.548. The van der Waals surface area contributed by atoms with Crippen molar-refractivity contribution in [1.29, 1.82) is 0 Å². The SMILES string of the molecule is CC(C)CC(C)(CN)NC(=O)c1cnc2ccccn2c1=O.Cl. The van der Waals surface area contributed by atoms with Crippen LogP contribution in [0, 0.1) is 5.92 Å². The van der Waals surface area contributed by atoms with Crippen LogP contribution in [0.5, 0.6) is 0 Å². The number of aromatic nitrogens is 2. The number of halogens is 1. The maximum Gasteiger partial charge on any atom is 0.270 e. The molecular weight excluding hydrogens is 316 g/mol.